The average Bonchev–Trinajstić information content (AvgIpc) is 3.31. The van der Waals surface area contributed by atoms with Crippen LogP contribution in [-0.4, -0.2) is 61.9 Å². The van der Waals surface area contributed by atoms with Crippen molar-refractivity contribution in [3.05, 3.63) is 6.61 Å². The van der Waals surface area contributed by atoms with Gasteiger partial charge in [0.05, 0.1) is 13.2 Å². The van der Waals surface area contributed by atoms with Gasteiger partial charge in [0.2, 0.25) is 0 Å². The Kier molecular flexibility index (Phi) is 7.59. The van der Waals surface area contributed by atoms with Gasteiger partial charge in [-0.2, -0.15) is 0 Å². The summed E-state index contributed by atoms with van der Waals surface area (Å²) in [5.41, 5.74) is 0. The molecule has 23 heavy (non-hydrogen) atoms. The van der Waals surface area contributed by atoms with Crippen LogP contribution in [0.1, 0.15) is 12.8 Å². The Labute approximate surface area is 143 Å². The van der Waals surface area contributed by atoms with Crippen molar-refractivity contribution in [1.82, 2.24) is 0 Å². The van der Waals surface area contributed by atoms with Crippen LogP contribution in [0.25, 0.3) is 0 Å². The van der Waals surface area contributed by atoms with Crippen LogP contribution in [0, 0.1) is 6.61 Å². The minimum absolute atomic E-state index is 0.247. The van der Waals surface area contributed by atoms with Crippen molar-refractivity contribution in [1.29, 1.82) is 0 Å². The van der Waals surface area contributed by atoms with Crippen LogP contribution in [0.15, 0.2) is 0 Å². The summed E-state index contributed by atoms with van der Waals surface area (Å²) in [6.45, 7) is 15.1. The topological polar surface area (TPSA) is 52.8 Å². The lowest BCUT2D eigenvalue weighted by Gasteiger charge is -2.34. The Morgan fingerprint density at radius 2 is 1.48 bits per heavy atom. The fraction of sp³-hybridized carbons (Fsp3) is 0.938. The normalized spacial score (nSPS) is 23.7. The van der Waals surface area contributed by atoms with Crippen LogP contribution in [0.4, 0.5) is 0 Å². The van der Waals surface area contributed by atoms with Crippen LogP contribution in [0.3, 0.4) is 0 Å². The fourth-order valence-electron chi connectivity index (χ4n) is 2.76. The average molecular weight is 362 g/mol. The monoisotopic (exact) mass is 361 g/mol. The summed E-state index contributed by atoms with van der Waals surface area (Å²) in [7, 11) is -3.19. The molecule has 0 aromatic carbocycles. The Morgan fingerprint density at radius 1 is 0.957 bits per heavy atom. The third-order valence-corrected chi connectivity index (χ3v) is 11.5. The van der Waals surface area contributed by atoms with E-state index in [1.165, 1.54) is 6.04 Å². The summed E-state index contributed by atoms with van der Waals surface area (Å²) in [4.78, 5) is 0. The molecule has 0 aromatic rings. The van der Waals surface area contributed by atoms with Crippen molar-refractivity contribution in [3.63, 3.8) is 0 Å². The van der Waals surface area contributed by atoms with Crippen LogP contribution < -0.4 is 0 Å². The number of ether oxygens (including phenoxy) is 4. The van der Waals surface area contributed by atoms with Crippen LogP contribution >= 0.6 is 0 Å². The molecular weight excluding hydrogens is 328 g/mol. The van der Waals surface area contributed by atoms with Crippen molar-refractivity contribution in [2.24, 2.45) is 0 Å². The highest BCUT2D eigenvalue weighted by Crippen LogP contribution is 2.24. The zero-order valence-electron chi connectivity index (χ0n) is 15.1. The maximum atomic E-state index is 6.62. The predicted octanol–water partition coefficient (Wildman–Crippen LogP) is 3.19. The highest BCUT2D eigenvalue weighted by atomic mass is 28.4. The largest absolute Gasteiger partial charge is 0.455 e. The molecule has 2 saturated heterocycles. The Hall–Kier alpha value is 0.104. The van der Waals surface area contributed by atoms with Crippen molar-refractivity contribution < 1.29 is 23.1 Å². The molecule has 0 spiro atoms. The zero-order valence-corrected chi connectivity index (χ0v) is 17.1. The van der Waals surface area contributed by atoms with E-state index in [1.54, 1.807) is 0 Å². The molecule has 0 aliphatic carbocycles. The molecule has 0 N–H and O–H groups in total. The first-order chi connectivity index (χ1) is 10.9. The molecule has 5 nitrogen and oxygen atoms in total. The van der Waals surface area contributed by atoms with Gasteiger partial charge in [-0.25, -0.2) is 0 Å². The van der Waals surface area contributed by atoms with Gasteiger partial charge in [-0.15, -0.1) is 4.74 Å². The van der Waals surface area contributed by atoms with Crippen LogP contribution in [0.5, 0.6) is 0 Å². The molecular formula is C16H33O5Si2+. The third-order valence-electron chi connectivity index (χ3n) is 4.00. The molecule has 2 aliphatic heterocycles. The molecule has 0 amide bonds. The van der Waals surface area contributed by atoms with Gasteiger partial charge in [0, 0.05) is 13.2 Å². The molecule has 2 rings (SSSR count). The molecule has 134 valence electrons. The molecule has 2 atom stereocenters. The molecule has 2 heterocycles. The molecule has 2 unspecified atom stereocenters. The van der Waals surface area contributed by atoms with E-state index in [9.17, 15) is 0 Å². The standard InChI is InChI=1S/C16H33O5Si2/c1-22(2,9-5-7-17-11-15-13-19-15)21-23(3,4)10-6-8-18-12-16-14-20-16/h13,15-16H,5-12,14H2,1-4H3/q+1. The van der Waals surface area contributed by atoms with E-state index >= 15 is 0 Å². The number of epoxide rings is 2. The highest BCUT2D eigenvalue weighted by molar-refractivity contribution is 6.84. The summed E-state index contributed by atoms with van der Waals surface area (Å²) in [5, 5.41) is 0. The lowest BCUT2D eigenvalue weighted by Crippen LogP contribution is -2.44. The Morgan fingerprint density at radius 3 is 1.96 bits per heavy atom. The van der Waals surface area contributed by atoms with Gasteiger partial charge < -0.3 is 18.3 Å². The molecule has 0 aromatic heterocycles. The van der Waals surface area contributed by atoms with Crippen molar-refractivity contribution in [2.75, 3.05) is 33.0 Å². The number of hydrogen-bond donors (Lipinski definition) is 0. The van der Waals surface area contributed by atoms with Crippen molar-refractivity contribution in [2.45, 2.75) is 63.3 Å². The molecule has 2 fully saturated rings. The first-order valence-corrected chi connectivity index (χ1v) is 15.1. The zero-order chi connectivity index (χ0) is 16.8. The van der Waals surface area contributed by atoms with Gasteiger partial charge in [-0.05, 0) is 51.1 Å². The smallest absolute Gasteiger partial charge is 0.298 e. The fourth-order valence-corrected chi connectivity index (χ4v) is 11.6. The summed E-state index contributed by atoms with van der Waals surface area (Å²) in [6.07, 6.45) is 2.80. The van der Waals surface area contributed by atoms with E-state index in [-0.39, 0.29) is 6.10 Å². The van der Waals surface area contributed by atoms with Gasteiger partial charge in [-0.1, -0.05) is 0 Å². The Balaban J connectivity index is 1.50. The van der Waals surface area contributed by atoms with E-state index in [2.05, 4.69) is 26.2 Å². The summed E-state index contributed by atoms with van der Waals surface area (Å²) in [6, 6.07) is 2.33. The first-order valence-electron chi connectivity index (χ1n) is 8.82. The minimum atomic E-state index is -1.59. The molecule has 0 saturated carbocycles. The quantitative estimate of drug-likeness (QED) is 0.206. The van der Waals surface area contributed by atoms with Gasteiger partial charge in [0.1, 0.15) is 12.7 Å². The highest BCUT2D eigenvalue weighted by Gasteiger charge is 2.39. The van der Waals surface area contributed by atoms with Crippen LogP contribution in [-0.2, 0) is 23.1 Å². The van der Waals surface area contributed by atoms with Gasteiger partial charge in [0.25, 0.3) is 12.7 Å². The van der Waals surface area contributed by atoms with Gasteiger partial charge in [-0.3, -0.25) is 0 Å². The third kappa shape index (κ3) is 9.86. The van der Waals surface area contributed by atoms with Crippen LogP contribution in [0.2, 0.25) is 38.3 Å². The minimum Gasteiger partial charge on any atom is -0.455 e. The van der Waals surface area contributed by atoms with E-state index in [1.807, 2.05) is 6.61 Å². The second-order valence-corrected chi connectivity index (χ2v) is 16.6. The van der Waals surface area contributed by atoms with E-state index < -0.39 is 16.6 Å². The lowest BCUT2D eigenvalue weighted by molar-refractivity contribution is 0.116. The summed E-state index contributed by atoms with van der Waals surface area (Å²) in [5.74, 6) is 0. The molecule has 2 aliphatic rings. The van der Waals surface area contributed by atoms with Crippen molar-refractivity contribution >= 4 is 16.6 Å². The Bertz CT molecular complexity index is 311. The summed E-state index contributed by atoms with van der Waals surface area (Å²) < 4.78 is 28.0. The molecule has 0 bridgehead atoms. The first kappa shape index (κ1) is 19.4. The van der Waals surface area contributed by atoms with E-state index in [4.69, 9.17) is 23.1 Å². The second kappa shape index (κ2) is 8.98. The maximum absolute atomic E-state index is 6.62. The van der Waals surface area contributed by atoms with E-state index in [0.717, 1.165) is 45.3 Å². The lowest BCUT2D eigenvalue weighted by atomic mass is 10.5. The second-order valence-electron chi connectivity index (χ2n) is 7.74. The number of hydrogen-bond acceptors (Lipinski definition) is 5. The molecule has 0 radical (unpaired) electrons. The molecule has 7 heteroatoms. The SMILES string of the molecule is C[Si](C)(CCCOCC1[CH+]O1)O[Si](C)(C)CCCOCC1CO1. The predicted molar refractivity (Wildman–Crippen MR) is 95.4 cm³/mol. The number of rotatable bonds is 14. The van der Waals surface area contributed by atoms with Crippen molar-refractivity contribution in [3.8, 4) is 0 Å². The van der Waals surface area contributed by atoms with Gasteiger partial charge in [0.15, 0.2) is 16.6 Å². The van der Waals surface area contributed by atoms with E-state index in [0.29, 0.717) is 12.7 Å². The maximum Gasteiger partial charge on any atom is 0.298 e. The summed E-state index contributed by atoms with van der Waals surface area (Å²) >= 11 is 0. The van der Waals surface area contributed by atoms with Gasteiger partial charge >= 0.3 is 0 Å².